The van der Waals surface area contributed by atoms with Gasteiger partial charge in [0.2, 0.25) is 5.95 Å². The van der Waals surface area contributed by atoms with Crippen LogP contribution in [0.3, 0.4) is 0 Å². The summed E-state index contributed by atoms with van der Waals surface area (Å²) in [6, 6.07) is 8.25. The largest absolute Gasteiger partial charge is 0.394 e. The second kappa shape index (κ2) is 8.56. The molecule has 0 aliphatic heterocycles. The first-order chi connectivity index (χ1) is 13.4. The first kappa shape index (κ1) is 20.1. The zero-order valence-electron chi connectivity index (χ0n) is 17.3. The van der Waals surface area contributed by atoms with Crippen molar-refractivity contribution in [2.24, 2.45) is 5.92 Å². The minimum atomic E-state index is -0.107. The summed E-state index contributed by atoms with van der Waals surface area (Å²) in [5.74, 6) is 1.44. The lowest BCUT2D eigenvalue weighted by atomic mass is 10.0. The van der Waals surface area contributed by atoms with Gasteiger partial charge in [0.05, 0.1) is 19.0 Å². The SMILES string of the molecule is CCC(C)[C@@H](CO)Nc1nc(Nc2cccc(C)c2)c2ncn(C(C)C)c2n1. The summed E-state index contributed by atoms with van der Waals surface area (Å²) in [5.41, 5.74) is 3.61. The van der Waals surface area contributed by atoms with Crippen LogP contribution in [-0.4, -0.2) is 37.3 Å². The highest BCUT2D eigenvalue weighted by Crippen LogP contribution is 2.27. The predicted octanol–water partition coefficient (Wildman–Crippen LogP) is 4.28. The topological polar surface area (TPSA) is 87.9 Å². The Balaban J connectivity index is 2.05. The van der Waals surface area contributed by atoms with Gasteiger partial charge in [0.25, 0.3) is 0 Å². The van der Waals surface area contributed by atoms with E-state index in [9.17, 15) is 5.11 Å². The molecule has 3 N–H and O–H groups in total. The molecule has 0 spiro atoms. The molecular weight excluding hydrogens is 352 g/mol. The van der Waals surface area contributed by atoms with Crippen LogP contribution in [0.25, 0.3) is 11.2 Å². The Morgan fingerprint density at radius 1 is 1.18 bits per heavy atom. The summed E-state index contributed by atoms with van der Waals surface area (Å²) >= 11 is 0. The number of benzene rings is 1. The second-order valence-electron chi connectivity index (χ2n) is 7.63. The normalized spacial score (nSPS) is 13.7. The quantitative estimate of drug-likeness (QED) is 0.539. The Bertz CT molecular complexity index is 936. The molecule has 28 heavy (non-hydrogen) atoms. The third kappa shape index (κ3) is 4.25. The van der Waals surface area contributed by atoms with E-state index in [2.05, 4.69) is 67.4 Å². The van der Waals surface area contributed by atoms with E-state index in [-0.39, 0.29) is 18.7 Å². The molecule has 7 nitrogen and oxygen atoms in total. The van der Waals surface area contributed by atoms with Crippen LogP contribution < -0.4 is 10.6 Å². The average molecular weight is 383 g/mol. The summed E-state index contributed by atoms with van der Waals surface area (Å²) in [7, 11) is 0. The van der Waals surface area contributed by atoms with E-state index in [1.54, 1.807) is 6.33 Å². The molecule has 2 aromatic heterocycles. The Morgan fingerprint density at radius 3 is 2.61 bits per heavy atom. The number of rotatable bonds is 8. The number of nitrogens with one attached hydrogen (secondary N) is 2. The smallest absolute Gasteiger partial charge is 0.227 e. The van der Waals surface area contributed by atoms with Crippen LogP contribution >= 0.6 is 0 Å². The lowest BCUT2D eigenvalue weighted by Gasteiger charge is -2.22. The van der Waals surface area contributed by atoms with Crippen LogP contribution in [0.4, 0.5) is 17.5 Å². The summed E-state index contributed by atoms with van der Waals surface area (Å²) in [4.78, 5) is 13.9. The Labute approximate surface area is 166 Å². The van der Waals surface area contributed by atoms with Gasteiger partial charge in [-0.15, -0.1) is 0 Å². The first-order valence-corrected chi connectivity index (χ1v) is 9.88. The summed E-state index contributed by atoms with van der Waals surface area (Å²) in [5, 5.41) is 16.5. The van der Waals surface area contributed by atoms with Gasteiger partial charge in [0.1, 0.15) is 0 Å². The maximum Gasteiger partial charge on any atom is 0.227 e. The number of aromatic nitrogens is 4. The van der Waals surface area contributed by atoms with Gasteiger partial charge in [0, 0.05) is 11.7 Å². The molecule has 2 heterocycles. The van der Waals surface area contributed by atoms with Gasteiger partial charge < -0.3 is 20.3 Å². The molecule has 3 aromatic rings. The van der Waals surface area contributed by atoms with Gasteiger partial charge in [-0.1, -0.05) is 32.4 Å². The van der Waals surface area contributed by atoms with Crippen LogP contribution in [-0.2, 0) is 0 Å². The highest BCUT2D eigenvalue weighted by molar-refractivity contribution is 5.86. The number of hydrogen-bond donors (Lipinski definition) is 3. The van der Waals surface area contributed by atoms with Crippen LogP contribution in [0.2, 0.25) is 0 Å². The van der Waals surface area contributed by atoms with E-state index >= 15 is 0 Å². The third-order valence-corrected chi connectivity index (χ3v) is 5.10. The van der Waals surface area contributed by atoms with Crippen molar-refractivity contribution in [2.45, 2.75) is 53.1 Å². The molecule has 3 rings (SSSR count). The Hall–Kier alpha value is -2.67. The maximum atomic E-state index is 9.79. The highest BCUT2D eigenvalue weighted by atomic mass is 16.3. The molecule has 0 aliphatic rings. The molecule has 150 valence electrons. The highest BCUT2D eigenvalue weighted by Gasteiger charge is 2.19. The van der Waals surface area contributed by atoms with Crippen LogP contribution in [0.15, 0.2) is 30.6 Å². The van der Waals surface area contributed by atoms with Crippen LogP contribution in [0.5, 0.6) is 0 Å². The molecule has 0 fully saturated rings. The minimum absolute atomic E-state index is 0.0283. The molecule has 0 aliphatic carbocycles. The number of nitrogens with zero attached hydrogens (tertiary/aromatic N) is 4. The van der Waals surface area contributed by atoms with Crippen molar-refractivity contribution in [3.05, 3.63) is 36.2 Å². The Kier molecular flexibility index (Phi) is 6.14. The van der Waals surface area contributed by atoms with E-state index in [0.29, 0.717) is 17.7 Å². The molecule has 2 atom stereocenters. The van der Waals surface area contributed by atoms with Crippen molar-refractivity contribution in [3.8, 4) is 0 Å². The fourth-order valence-electron chi connectivity index (χ4n) is 3.12. The van der Waals surface area contributed by atoms with E-state index in [4.69, 9.17) is 4.98 Å². The summed E-state index contributed by atoms with van der Waals surface area (Å²) in [6.45, 7) is 10.5. The Morgan fingerprint density at radius 2 is 1.96 bits per heavy atom. The number of fused-ring (bicyclic) bond motifs is 1. The van der Waals surface area contributed by atoms with Crippen LogP contribution in [0.1, 0.15) is 45.7 Å². The molecule has 0 bridgehead atoms. The van der Waals surface area contributed by atoms with Gasteiger partial charge in [-0.05, 0) is 44.4 Å². The van der Waals surface area contributed by atoms with E-state index in [1.807, 2.05) is 16.7 Å². The molecule has 1 aromatic carbocycles. The van der Waals surface area contributed by atoms with Gasteiger partial charge in [-0.25, -0.2) is 4.98 Å². The van der Waals surface area contributed by atoms with Gasteiger partial charge >= 0.3 is 0 Å². The molecule has 1 unspecified atom stereocenters. The number of aliphatic hydroxyl groups excluding tert-OH is 1. The number of aryl methyl sites for hydroxylation is 1. The number of anilines is 3. The van der Waals surface area contributed by atoms with Crippen molar-refractivity contribution < 1.29 is 5.11 Å². The zero-order valence-corrected chi connectivity index (χ0v) is 17.3. The van der Waals surface area contributed by atoms with E-state index in [0.717, 1.165) is 23.3 Å². The van der Waals surface area contributed by atoms with Gasteiger partial charge in [-0.2, -0.15) is 9.97 Å². The molecule has 0 amide bonds. The lowest BCUT2D eigenvalue weighted by Crippen LogP contribution is -2.31. The molecule has 0 saturated carbocycles. The van der Waals surface area contributed by atoms with Crippen molar-refractivity contribution in [1.29, 1.82) is 0 Å². The van der Waals surface area contributed by atoms with E-state index < -0.39 is 0 Å². The number of imidazole rings is 1. The fourth-order valence-corrected chi connectivity index (χ4v) is 3.12. The van der Waals surface area contributed by atoms with E-state index in [1.165, 1.54) is 5.56 Å². The van der Waals surface area contributed by atoms with Crippen molar-refractivity contribution in [2.75, 3.05) is 17.2 Å². The lowest BCUT2D eigenvalue weighted by molar-refractivity contribution is 0.240. The molecule has 0 saturated heterocycles. The van der Waals surface area contributed by atoms with Crippen LogP contribution in [0, 0.1) is 12.8 Å². The number of hydrogen-bond acceptors (Lipinski definition) is 6. The van der Waals surface area contributed by atoms with Gasteiger partial charge in [0.15, 0.2) is 17.0 Å². The van der Waals surface area contributed by atoms with Gasteiger partial charge in [-0.3, -0.25) is 0 Å². The minimum Gasteiger partial charge on any atom is -0.394 e. The van der Waals surface area contributed by atoms with Crippen molar-refractivity contribution >= 4 is 28.6 Å². The molecule has 7 heteroatoms. The monoisotopic (exact) mass is 382 g/mol. The zero-order chi connectivity index (χ0) is 20.3. The maximum absolute atomic E-state index is 9.79. The summed E-state index contributed by atoms with van der Waals surface area (Å²) in [6.07, 6.45) is 2.76. The number of aliphatic hydroxyl groups is 1. The predicted molar refractivity (Wildman–Crippen MR) is 114 cm³/mol. The third-order valence-electron chi connectivity index (χ3n) is 5.10. The molecular formula is C21H30N6O. The second-order valence-corrected chi connectivity index (χ2v) is 7.63. The van der Waals surface area contributed by atoms with Crippen molar-refractivity contribution in [3.63, 3.8) is 0 Å². The first-order valence-electron chi connectivity index (χ1n) is 9.88. The summed E-state index contributed by atoms with van der Waals surface area (Å²) < 4.78 is 2.03. The molecule has 0 radical (unpaired) electrons. The average Bonchev–Trinajstić information content (AvgIpc) is 3.10. The van der Waals surface area contributed by atoms with Crippen molar-refractivity contribution in [1.82, 2.24) is 19.5 Å². The standard InChI is InChI=1S/C21H30N6O/c1-6-15(5)17(11-28)24-21-25-19(23-16-9-7-8-14(4)10-16)18-20(26-21)27(12-22-18)13(2)3/h7-10,12-13,15,17,28H,6,11H2,1-5H3,(H2,23,24,25,26)/t15?,17-/m1/s1. The fraction of sp³-hybridized carbons (Fsp3) is 0.476.